The van der Waals surface area contributed by atoms with Gasteiger partial charge in [0.15, 0.2) is 5.69 Å². The number of aryl methyl sites for hydroxylation is 2. The predicted octanol–water partition coefficient (Wildman–Crippen LogP) is 2.09. The van der Waals surface area contributed by atoms with Crippen LogP contribution in [-0.2, 0) is 4.74 Å². The average molecular weight is 355 g/mol. The van der Waals surface area contributed by atoms with Gasteiger partial charge >= 0.3 is 0 Å². The Kier molecular flexibility index (Phi) is 6.14. The van der Waals surface area contributed by atoms with E-state index in [2.05, 4.69) is 25.7 Å². The molecule has 0 unspecified atom stereocenters. The number of morpholine rings is 1. The molecule has 1 aromatic carbocycles. The largest absolute Gasteiger partial charge is 0.379 e. The summed E-state index contributed by atoms with van der Waals surface area (Å²) in [6.45, 7) is 9.28. The van der Waals surface area contributed by atoms with Crippen LogP contribution in [0.4, 0.5) is 11.5 Å². The van der Waals surface area contributed by atoms with E-state index in [1.807, 2.05) is 32.0 Å². The Hall–Kier alpha value is -2.51. The molecule has 1 amide bonds. The quantitative estimate of drug-likeness (QED) is 0.826. The highest BCUT2D eigenvalue weighted by molar-refractivity contribution is 6.02. The van der Waals surface area contributed by atoms with Crippen molar-refractivity contribution in [2.45, 2.75) is 13.8 Å². The molecule has 3 rings (SSSR count). The first-order valence-electron chi connectivity index (χ1n) is 8.88. The summed E-state index contributed by atoms with van der Waals surface area (Å²) in [5.41, 5.74) is 3.37. The van der Waals surface area contributed by atoms with Gasteiger partial charge < -0.3 is 15.4 Å². The van der Waals surface area contributed by atoms with Crippen LogP contribution in [0, 0.1) is 13.8 Å². The fourth-order valence-corrected chi connectivity index (χ4v) is 2.73. The van der Waals surface area contributed by atoms with E-state index in [0.717, 1.165) is 50.6 Å². The molecule has 0 spiro atoms. The minimum atomic E-state index is -0.263. The molecule has 26 heavy (non-hydrogen) atoms. The van der Waals surface area contributed by atoms with Crippen LogP contribution >= 0.6 is 0 Å². The van der Waals surface area contributed by atoms with Crippen LogP contribution in [0.25, 0.3) is 0 Å². The molecule has 0 saturated carbocycles. The zero-order valence-electron chi connectivity index (χ0n) is 15.3. The lowest BCUT2D eigenvalue weighted by Gasteiger charge is -2.26. The van der Waals surface area contributed by atoms with Crippen molar-refractivity contribution >= 4 is 17.4 Å². The number of aromatic nitrogens is 2. The number of hydrogen-bond donors (Lipinski definition) is 2. The molecule has 1 saturated heterocycles. The maximum absolute atomic E-state index is 12.3. The van der Waals surface area contributed by atoms with E-state index in [1.54, 1.807) is 12.1 Å². The van der Waals surface area contributed by atoms with Gasteiger partial charge in [-0.15, -0.1) is 10.2 Å². The highest BCUT2D eigenvalue weighted by Crippen LogP contribution is 2.15. The standard InChI is InChI=1S/C19H25N5O2/c1-14-3-4-16(13-15(14)2)21-19(25)17-5-6-18(23-22-17)20-7-8-24-9-11-26-12-10-24/h3-6,13H,7-12H2,1-2H3,(H,20,23)(H,21,25). The van der Waals surface area contributed by atoms with Crippen LogP contribution in [0.3, 0.4) is 0 Å². The third-order valence-corrected chi connectivity index (χ3v) is 4.50. The van der Waals surface area contributed by atoms with Crippen molar-refractivity contribution in [2.75, 3.05) is 50.0 Å². The zero-order chi connectivity index (χ0) is 18.4. The normalized spacial score (nSPS) is 14.8. The van der Waals surface area contributed by atoms with E-state index in [4.69, 9.17) is 4.74 Å². The molecular formula is C19H25N5O2. The van der Waals surface area contributed by atoms with Crippen molar-refractivity contribution < 1.29 is 9.53 Å². The molecule has 0 radical (unpaired) electrons. The topological polar surface area (TPSA) is 79.4 Å². The molecule has 0 atom stereocenters. The monoisotopic (exact) mass is 355 g/mol. The maximum Gasteiger partial charge on any atom is 0.276 e. The second-order valence-corrected chi connectivity index (χ2v) is 6.44. The fraction of sp³-hybridized carbons (Fsp3) is 0.421. The minimum Gasteiger partial charge on any atom is -0.379 e. The van der Waals surface area contributed by atoms with Crippen LogP contribution in [0.2, 0.25) is 0 Å². The molecule has 1 fully saturated rings. The smallest absolute Gasteiger partial charge is 0.276 e. The van der Waals surface area contributed by atoms with Gasteiger partial charge in [-0.25, -0.2) is 0 Å². The lowest BCUT2D eigenvalue weighted by Crippen LogP contribution is -2.39. The van der Waals surface area contributed by atoms with Gasteiger partial charge in [-0.1, -0.05) is 6.07 Å². The van der Waals surface area contributed by atoms with Crippen molar-refractivity contribution in [1.29, 1.82) is 0 Å². The Morgan fingerprint density at radius 2 is 1.92 bits per heavy atom. The van der Waals surface area contributed by atoms with Gasteiger partial charge in [0.2, 0.25) is 0 Å². The number of amides is 1. The molecule has 0 bridgehead atoms. The highest BCUT2D eigenvalue weighted by Gasteiger charge is 2.11. The first-order valence-corrected chi connectivity index (χ1v) is 8.88. The summed E-state index contributed by atoms with van der Waals surface area (Å²) in [5.74, 6) is 0.404. The molecule has 7 nitrogen and oxygen atoms in total. The van der Waals surface area contributed by atoms with E-state index in [-0.39, 0.29) is 5.91 Å². The van der Waals surface area contributed by atoms with Crippen molar-refractivity contribution in [3.05, 3.63) is 47.2 Å². The number of hydrogen-bond acceptors (Lipinski definition) is 6. The number of ether oxygens (including phenoxy) is 1. The summed E-state index contributed by atoms with van der Waals surface area (Å²) in [5, 5.41) is 14.2. The van der Waals surface area contributed by atoms with Crippen molar-refractivity contribution in [3.63, 3.8) is 0 Å². The number of nitrogens with zero attached hydrogens (tertiary/aromatic N) is 3. The van der Waals surface area contributed by atoms with Gasteiger partial charge in [0.1, 0.15) is 5.82 Å². The molecule has 1 aliphatic heterocycles. The first kappa shape index (κ1) is 18.3. The molecule has 7 heteroatoms. The molecule has 2 N–H and O–H groups in total. The highest BCUT2D eigenvalue weighted by atomic mass is 16.5. The van der Waals surface area contributed by atoms with E-state index in [0.29, 0.717) is 11.5 Å². The van der Waals surface area contributed by atoms with Gasteiger partial charge in [-0.2, -0.15) is 0 Å². The van der Waals surface area contributed by atoms with Crippen LogP contribution < -0.4 is 10.6 Å². The second kappa shape index (κ2) is 8.73. The molecule has 0 aliphatic carbocycles. The number of carbonyl (C=O) groups excluding carboxylic acids is 1. The third-order valence-electron chi connectivity index (χ3n) is 4.50. The van der Waals surface area contributed by atoms with Gasteiger partial charge in [0.05, 0.1) is 13.2 Å². The second-order valence-electron chi connectivity index (χ2n) is 6.44. The predicted molar refractivity (Wildman–Crippen MR) is 102 cm³/mol. The average Bonchev–Trinajstić information content (AvgIpc) is 2.66. The van der Waals surface area contributed by atoms with Crippen molar-refractivity contribution in [3.8, 4) is 0 Å². The third kappa shape index (κ3) is 5.00. The molecule has 1 aromatic heterocycles. The minimum absolute atomic E-state index is 0.263. The summed E-state index contributed by atoms with van der Waals surface area (Å²) in [6.07, 6.45) is 0. The van der Waals surface area contributed by atoms with Gasteiger partial charge in [0.25, 0.3) is 5.91 Å². The summed E-state index contributed by atoms with van der Waals surface area (Å²) >= 11 is 0. The van der Waals surface area contributed by atoms with E-state index >= 15 is 0 Å². The maximum atomic E-state index is 12.3. The lowest BCUT2D eigenvalue weighted by atomic mass is 10.1. The van der Waals surface area contributed by atoms with E-state index < -0.39 is 0 Å². The van der Waals surface area contributed by atoms with Crippen molar-refractivity contribution in [2.24, 2.45) is 0 Å². The Morgan fingerprint density at radius 1 is 1.12 bits per heavy atom. The molecular weight excluding hydrogens is 330 g/mol. The van der Waals surface area contributed by atoms with Gasteiger partial charge in [-0.3, -0.25) is 9.69 Å². The van der Waals surface area contributed by atoms with E-state index in [9.17, 15) is 4.79 Å². The molecule has 1 aliphatic rings. The van der Waals surface area contributed by atoms with Crippen LogP contribution in [-0.4, -0.2) is 60.4 Å². The van der Waals surface area contributed by atoms with Crippen LogP contribution in [0.5, 0.6) is 0 Å². The summed E-state index contributed by atoms with van der Waals surface area (Å²) in [4.78, 5) is 14.6. The summed E-state index contributed by atoms with van der Waals surface area (Å²) < 4.78 is 5.33. The van der Waals surface area contributed by atoms with Crippen LogP contribution in [0.15, 0.2) is 30.3 Å². The van der Waals surface area contributed by atoms with Gasteiger partial charge in [-0.05, 0) is 49.2 Å². The van der Waals surface area contributed by atoms with Crippen LogP contribution in [0.1, 0.15) is 21.6 Å². The summed E-state index contributed by atoms with van der Waals surface area (Å²) in [6, 6.07) is 9.28. The number of carbonyl (C=O) groups is 1. The molecule has 138 valence electrons. The fourth-order valence-electron chi connectivity index (χ4n) is 2.73. The Bertz CT molecular complexity index is 742. The number of nitrogens with one attached hydrogen (secondary N) is 2. The molecule has 2 aromatic rings. The lowest BCUT2D eigenvalue weighted by molar-refractivity contribution is 0.0398. The summed E-state index contributed by atoms with van der Waals surface area (Å²) in [7, 11) is 0. The first-order chi connectivity index (χ1) is 12.6. The van der Waals surface area contributed by atoms with Gasteiger partial charge in [0, 0.05) is 31.9 Å². The number of benzene rings is 1. The molecule has 2 heterocycles. The van der Waals surface area contributed by atoms with E-state index in [1.165, 1.54) is 5.56 Å². The van der Waals surface area contributed by atoms with Crippen molar-refractivity contribution in [1.82, 2.24) is 15.1 Å². The zero-order valence-corrected chi connectivity index (χ0v) is 15.3. The Morgan fingerprint density at radius 3 is 2.62 bits per heavy atom. The number of rotatable bonds is 6. The SMILES string of the molecule is Cc1ccc(NC(=O)c2ccc(NCCN3CCOCC3)nn2)cc1C. The Balaban J connectivity index is 1.49. The Labute approximate surface area is 153 Å². The number of anilines is 2.